The lowest BCUT2D eigenvalue weighted by molar-refractivity contribution is 0.171. The first kappa shape index (κ1) is 16.2. The molecule has 0 aromatic heterocycles. The SMILES string of the molecule is CC.CC1CCN(CCCc2ccc3c(c2)OCCO3)C1. The minimum absolute atomic E-state index is 0.666. The highest BCUT2D eigenvalue weighted by molar-refractivity contribution is 5.43. The summed E-state index contributed by atoms with van der Waals surface area (Å²) >= 11 is 0. The summed E-state index contributed by atoms with van der Waals surface area (Å²) in [5, 5.41) is 0. The van der Waals surface area contributed by atoms with Gasteiger partial charge in [-0.2, -0.15) is 0 Å². The summed E-state index contributed by atoms with van der Waals surface area (Å²) in [6.45, 7) is 11.5. The molecule has 3 rings (SSSR count). The Bertz CT molecular complexity index is 433. The van der Waals surface area contributed by atoms with Crippen LogP contribution >= 0.6 is 0 Å². The first-order chi connectivity index (χ1) is 10.3. The lowest BCUT2D eigenvalue weighted by atomic mass is 10.1. The number of benzene rings is 1. The molecule has 1 aromatic carbocycles. The van der Waals surface area contributed by atoms with E-state index < -0.39 is 0 Å². The van der Waals surface area contributed by atoms with Crippen LogP contribution in [0.3, 0.4) is 0 Å². The van der Waals surface area contributed by atoms with Crippen molar-refractivity contribution in [2.75, 3.05) is 32.8 Å². The topological polar surface area (TPSA) is 21.7 Å². The van der Waals surface area contributed by atoms with E-state index in [0.717, 1.165) is 23.8 Å². The van der Waals surface area contributed by atoms with Crippen molar-refractivity contribution in [2.45, 2.75) is 40.0 Å². The Morgan fingerprint density at radius 2 is 1.90 bits per heavy atom. The second kappa shape index (κ2) is 8.28. The third kappa shape index (κ3) is 4.63. The smallest absolute Gasteiger partial charge is 0.161 e. The molecular weight excluding hydrogens is 262 g/mol. The number of hydrogen-bond acceptors (Lipinski definition) is 3. The summed E-state index contributed by atoms with van der Waals surface area (Å²) in [5.74, 6) is 2.69. The van der Waals surface area contributed by atoms with Crippen molar-refractivity contribution in [3.8, 4) is 11.5 Å². The van der Waals surface area contributed by atoms with Crippen LogP contribution in [0, 0.1) is 5.92 Å². The van der Waals surface area contributed by atoms with E-state index in [4.69, 9.17) is 9.47 Å². The van der Waals surface area contributed by atoms with E-state index in [2.05, 4.69) is 24.0 Å². The molecule has 1 aromatic rings. The van der Waals surface area contributed by atoms with Crippen molar-refractivity contribution in [3.05, 3.63) is 23.8 Å². The molecule has 0 radical (unpaired) electrons. The van der Waals surface area contributed by atoms with Gasteiger partial charge in [-0.3, -0.25) is 0 Å². The molecule has 3 heteroatoms. The molecule has 1 unspecified atom stereocenters. The number of rotatable bonds is 4. The Hall–Kier alpha value is -1.22. The summed E-state index contributed by atoms with van der Waals surface area (Å²) in [4.78, 5) is 2.59. The largest absolute Gasteiger partial charge is 0.486 e. The predicted molar refractivity (Wildman–Crippen MR) is 87.3 cm³/mol. The summed E-state index contributed by atoms with van der Waals surface area (Å²) in [6.07, 6.45) is 3.72. The zero-order valence-electron chi connectivity index (χ0n) is 13.7. The number of aryl methyl sites for hydroxylation is 1. The lowest BCUT2D eigenvalue weighted by Gasteiger charge is -2.19. The maximum Gasteiger partial charge on any atom is 0.161 e. The van der Waals surface area contributed by atoms with Gasteiger partial charge in [0.25, 0.3) is 0 Å². The van der Waals surface area contributed by atoms with Gasteiger partial charge in [-0.15, -0.1) is 0 Å². The summed E-state index contributed by atoms with van der Waals surface area (Å²) in [5.41, 5.74) is 1.36. The highest BCUT2D eigenvalue weighted by atomic mass is 16.6. The van der Waals surface area contributed by atoms with Crippen LogP contribution < -0.4 is 9.47 Å². The zero-order chi connectivity index (χ0) is 15.1. The van der Waals surface area contributed by atoms with Crippen LogP contribution in [0.25, 0.3) is 0 Å². The van der Waals surface area contributed by atoms with E-state index >= 15 is 0 Å². The van der Waals surface area contributed by atoms with Crippen LogP contribution in [0.4, 0.5) is 0 Å². The van der Waals surface area contributed by atoms with Gasteiger partial charge in [0.15, 0.2) is 11.5 Å². The average molecular weight is 291 g/mol. The van der Waals surface area contributed by atoms with Crippen molar-refractivity contribution < 1.29 is 9.47 Å². The molecule has 0 saturated carbocycles. The summed E-state index contributed by atoms with van der Waals surface area (Å²) in [7, 11) is 0. The minimum Gasteiger partial charge on any atom is -0.486 e. The summed E-state index contributed by atoms with van der Waals surface area (Å²) < 4.78 is 11.2. The predicted octanol–water partition coefficient (Wildman–Crippen LogP) is 3.76. The average Bonchev–Trinajstić information content (AvgIpc) is 2.95. The van der Waals surface area contributed by atoms with Crippen molar-refractivity contribution in [3.63, 3.8) is 0 Å². The van der Waals surface area contributed by atoms with E-state index in [1.54, 1.807) is 0 Å². The number of hydrogen-bond donors (Lipinski definition) is 0. The molecule has 3 nitrogen and oxygen atoms in total. The van der Waals surface area contributed by atoms with Crippen LogP contribution in [0.15, 0.2) is 18.2 Å². The van der Waals surface area contributed by atoms with Crippen LogP contribution in [-0.4, -0.2) is 37.7 Å². The Morgan fingerprint density at radius 1 is 1.14 bits per heavy atom. The second-order valence-electron chi connectivity index (χ2n) is 5.78. The van der Waals surface area contributed by atoms with Crippen LogP contribution in [0.1, 0.15) is 39.2 Å². The van der Waals surface area contributed by atoms with Gasteiger partial charge in [-0.1, -0.05) is 26.8 Å². The fourth-order valence-electron chi connectivity index (χ4n) is 2.98. The fraction of sp³-hybridized carbons (Fsp3) is 0.667. The van der Waals surface area contributed by atoms with Gasteiger partial charge >= 0.3 is 0 Å². The first-order valence-electron chi connectivity index (χ1n) is 8.42. The first-order valence-corrected chi connectivity index (χ1v) is 8.42. The van der Waals surface area contributed by atoms with Gasteiger partial charge < -0.3 is 14.4 Å². The van der Waals surface area contributed by atoms with Gasteiger partial charge in [0.05, 0.1) is 0 Å². The quantitative estimate of drug-likeness (QED) is 0.843. The Kier molecular flexibility index (Phi) is 6.37. The molecule has 0 aliphatic carbocycles. The molecule has 2 aliphatic heterocycles. The van der Waals surface area contributed by atoms with Crippen molar-refractivity contribution >= 4 is 0 Å². The van der Waals surface area contributed by atoms with E-state index in [0.29, 0.717) is 13.2 Å². The third-order valence-corrected chi connectivity index (χ3v) is 4.05. The maximum atomic E-state index is 5.62. The molecule has 2 aliphatic rings. The number of likely N-dealkylation sites (tertiary alicyclic amines) is 1. The van der Waals surface area contributed by atoms with Crippen molar-refractivity contribution in [1.29, 1.82) is 0 Å². The van der Waals surface area contributed by atoms with Gasteiger partial charge in [0.1, 0.15) is 13.2 Å². The molecule has 0 amide bonds. The van der Waals surface area contributed by atoms with Gasteiger partial charge in [0.2, 0.25) is 0 Å². The van der Waals surface area contributed by atoms with Gasteiger partial charge in [0, 0.05) is 6.54 Å². The van der Waals surface area contributed by atoms with E-state index in [9.17, 15) is 0 Å². The minimum atomic E-state index is 0.666. The third-order valence-electron chi connectivity index (χ3n) is 4.05. The van der Waals surface area contributed by atoms with E-state index in [1.807, 2.05) is 19.9 Å². The Labute approximate surface area is 129 Å². The van der Waals surface area contributed by atoms with E-state index in [1.165, 1.54) is 38.0 Å². The lowest BCUT2D eigenvalue weighted by Crippen LogP contribution is -2.22. The normalized spacial score (nSPS) is 20.8. The molecule has 21 heavy (non-hydrogen) atoms. The van der Waals surface area contributed by atoms with Crippen LogP contribution in [0.2, 0.25) is 0 Å². The molecular formula is C18H29NO2. The standard InChI is InChI=1S/C16H23NO2.C2H6/c1-13-6-8-17(12-13)7-2-3-14-4-5-15-16(11-14)19-10-9-18-15;1-2/h4-5,11,13H,2-3,6-10,12H2,1H3;1-2H3. The molecule has 1 atom stereocenters. The van der Waals surface area contributed by atoms with Crippen molar-refractivity contribution in [1.82, 2.24) is 4.90 Å². The molecule has 118 valence electrons. The highest BCUT2D eigenvalue weighted by Crippen LogP contribution is 2.31. The van der Waals surface area contributed by atoms with Crippen LogP contribution in [0.5, 0.6) is 11.5 Å². The fourth-order valence-corrected chi connectivity index (χ4v) is 2.98. The number of fused-ring (bicyclic) bond motifs is 1. The number of ether oxygens (including phenoxy) is 2. The maximum absolute atomic E-state index is 5.62. The van der Waals surface area contributed by atoms with E-state index in [-0.39, 0.29) is 0 Å². The van der Waals surface area contributed by atoms with Crippen molar-refractivity contribution in [2.24, 2.45) is 5.92 Å². The second-order valence-corrected chi connectivity index (χ2v) is 5.78. The molecule has 1 fully saturated rings. The summed E-state index contributed by atoms with van der Waals surface area (Å²) in [6, 6.07) is 6.35. The monoisotopic (exact) mass is 291 g/mol. The molecule has 0 bridgehead atoms. The Morgan fingerprint density at radius 3 is 2.62 bits per heavy atom. The molecule has 0 N–H and O–H groups in total. The Balaban J connectivity index is 0.000000774. The zero-order valence-corrected chi connectivity index (χ0v) is 13.7. The molecule has 0 spiro atoms. The van der Waals surface area contributed by atoms with Gasteiger partial charge in [-0.25, -0.2) is 0 Å². The number of nitrogens with zero attached hydrogens (tertiary/aromatic N) is 1. The highest BCUT2D eigenvalue weighted by Gasteiger charge is 2.17. The van der Waals surface area contributed by atoms with Gasteiger partial charge in [-0.05, 0) is 56.0 Å². The molecule has 1 saturated heterocycles. The molecule has 2 heterocycles. The van der Waals surface area contributed by atoms with Crippen LogP contribution in [-0.2, 0) is 6.42 Å².